The molecule has 0 saturated heterocycles. The normalized spacial score (nSPS) is 10.4. The molecular formula is C12H8BrClFNO. The molecule has 0 atom stereocenters. The number of nitrogens with zero attached hydrogens (tertiary/aromatic N) is 1. The Hall–Kier alpha value is -1.13. The number of aryl methyl sites for hydroxylation is 1. The standard InChI is InChI=1S/C12H8BrClFNO/c1-7-4-5-16-12(11(7)13)17-8-2-3-10(15)9(14)6-8/h2-6H,1H3. The predicted octanol–water partition coefficient (Wildman–Crippen LogP) is 4.74. The second-order valence-electron chi connectivity index (χ2n) is 3.42. The zero-order valence-corrected chi connectivity index (χ0v) is 11.2. The summed E-state index contributed by atoms with van der Waals surface area (Å²) < 4.78 is 19.2. The molecule has 1 aromatic heterocycles. The molecule has 1 heterocycles. The average molecular weight is 317 g/mol. The quantitative estimate of drug-likeness (QED) is 0.798. The van der Waals surface area contributed by atoms with Crippen molar-refractivity contribution >= 4 is 27.5 Å². The van der Waals surface area contributed by atoms with Crippen LogP contribution < -0.4 is 4.74 Å². The van der Waals surface area contributed by atoms with Gasteiger partial charge < -0.3 is 4.74 Å². The van der Waals surface area contributed by atoms with Gasteiger partial charge >= 0.3 is 0 Å². The second-order valence-corrected chi connectivity index (χ2v) is 4.63. The Balaban J connectivity index is 2.31. The molecule has 0 fully saturated rings. The van der Waals surface area contributed by atoms with Gasteiger partial charge in [0.25, 0.3) is 0 Å². The van der Waals surface area contributed by atoms with Gasteiger partial charge in [-0.2, -0.15) is 0 Å². The van der Waals surface area contributed by atoms with Crippen molar-refractivity contribution in [1.82, 2.24) is 4.98 Å². The van der Waals surface area contributed by atoms with Crippen molar-refractivity contribution in [3.8, 4) is 11.6 Å². The maximum Gasteiger partial charge on any atom is 0.233 e. The molecule has 2 rings (SSSR count). The SMILES string of the molecule is Cc1ccnc(Oc2ccc(F)c(Cl)c2)c1Br. The second kappa shape index (κ2) is 5.02. The van der Waals surface area contributed by atoms with E-state index in [0.29, 0.717) is 11.6 Å². The van der Waals surface area contributed by atoms with Crippen LogP contribution in [0.25, 0.3) is 0 Å². The Morgan fingerprint density at radius 1 is 1.35 bits per heavy atom. The molecule has 0 unspecified atom stereocenters. The van der Waals surface area contributed by atoms with Gasteiger partial charge in [-0.15, -0.1) is 0 Å². The van der Waals surface area contributed by atoms with Crippen LogP contribution in [0.2, 0.25) is 5.02 Å². The van der Waals surface area contributed by atoms with Crippen molar-refractivity contribution in [3.05, 3.63) is 51.3 Å². The van der Waals surface area contributed by atoms with E-state index in [0.717, 1.165) is 10.0 Å². The van der Waals surface area contributed by atoms with Crippen molar-refractivity contribution in [2.75, 3.05) is 0 Å². The van der Waals surface area contributed by atoms with Crippen molar-refractivity contribution < 1.29 is 9.13 Å². The van der Waals surface area contributed by atoms with Gasteiger partial charge in [0.1, 0.15) is 11.6 Å². The fourth-order valence-electron chi connectivity index (χ4n) is 1.24. The van der Waals surface area contributed by atoms with E-state index in [4.69, 9.17) is 16.3 Å². The lowest BCUT2D eigenvalue weighted by Gasteiger charge is -2.08. The summed E-state index contributed by atoms with van der Waals surface area (Å²) in [7, 11) is 0. The molecule has 0 radical (unpaired) electrons. The summed E-state index contributed by atoms with van der Waals surface area (Å²) in [6, 6.07) is 6.01. The number of hydrogen-bond donors (Lipinski definition) is 0. The van der Waals surface area contributed by atoms with Crippen LogP contribution >= 0.6 is 27.5 Å². The molecule has 17 heavy (non-hydrogen) atoms. The summed E-state index contributed by atoms with van der Waals surface area (Å²) in [4.78, 5) is 4.08. The third kappa shape index (κ3) is 2.76. The first-order chi connectivity index (χ1) is 8.08. The Morgan fingerprint density at radius 3 is 2.82 bits per heavy atom. The van der Waals surface area contributed by atoms with Crippen LogP contribution in [0.1, 0.15) is 5.56 Å². The Morgan fingerprint density at radius 2 is 2.12 bits per heavy atom. The van der Waals surface area contributed by atoms with Gasteiger partial charge in [-0.25, -0.2) is 9.37 Å². The summed E-state index contributed by atoms with van der Waals surface area (Å²) in [5.74, 6) is 0.387. The monoisotopic (exact) mass is 315 g/mol. The predicted molar refractivity (Wildman–Crippen MR) is 68.2 cm³/mol. The minimum atomic E-state index is -0.477. The molecule has 2 aromatic rings. The molecule has 0 aliphatic rings. The largest absolute Gasteiger partial charge is 0.438 e. The number of ether oxygens (including phenoxy) is 1. The number of halogens is 3. The van der Waals surface area contributed by atoms with Crippen molar-refractivity contribution in [3.63, 3.8) is 0 Å². The topological polar surface area (TPSA) is 22.1 Å². The summed E-state index contributed by atoms with van der Waals surface area (Å²) in [5, 5.41) is 0.0197. The Kier molecular flexibility index (Phi) is 3.64. The van der Waals surface area contributed by atoms with Gasteiger partial charge in [-0.05, 0) is 46.6 Å². The van der Waals surface area contributed by atoms with Gasteiger partial charge in [-0.3, -0.25) is 0 Å². The van der Waals surface area contributed by atoms with E-state index in [1.165, 1.54) is 18.2 Å². The highest BCUT2D eigenvalue weighted by Crippen LogP contribution is 2.31. The molecule has 5 heteroatoms. The number of rotatable bonds is 2. The third-order valence-electron chi connectivity index (χ3n) is 2.16. The molecule has 0 aliphatic heterocycles. The van der Waals surface area contributed by atoms with Crippen LogP contribution in [-0.2, 0) is 0 Å². The van der Waals surface area contributed by atoms with Crippen molar-refractivity contribution in [1.29, 1.82) is 0 Å². The zero-order chi connectivity index (χ0) is 12.4. The highest BCUT2D eigenvalue weighted by Gasteiger charge is 2.08. The van der Waals surface area contributed by atoms with E-state index in [-0.39, 0.29) is 5.02 Å². The smallest absolute Gasteiger partial charge is 0.233 e. The Labute approximate surface area is 112 Å². The highest BCUT2D eigenvalue weighted by molar-refractivity contribution is 9.10. The summed E-state index contributed by atoms with van der Waals surface area (Å²) in [6.07, 6.45) is 1.64. The molecule has 1 aromatic carbocycles. The lowest BCUT2D eigenvalue weighted by Crippen LogP contribution is -1.91. The zero-order valence-electron chi connectivity index (χ0n) is 8.88. The molecule has 88 valence electrons. The maximum atomic E-state index is 13.0. The maximum absolute atomic E-state index is 13.0. The van der Waals surface area contributed by atoms with Crippen LogP contribution in [-0.4, -0.2) is 4.98 Å². The number of pyridine rings is 1. The Bertz CT molecular complexity index is 562. The van der Waals surface area contributed by atoms with Crippen LogP contribution in [0.3, 0.4) is 0 Å². The molecule has 0 saturated carbocycles. The number of benzene rings is 1. The van der Waals surface area contributed by atoms with Gasteiger partial charge in [0, 0.05) is 12.3 Å². The lowest BCUT2D eigenvalue weighted by molar-refractivity contribution is 0.457. The molecule has 0 amide bonds. The number of aromatic nitrogens is 1. The average Bonchev–Trinajstić information content (AvgIpc) is 2.30. The minimum absolute atomic E-state index is 0.0197. The minimum Gasteiger partial charge on any atom is -0.438 e. The molecule has 2 nitrogen and oxygen atoms in total. The van der Waals surface area contributed by atoms with Crippen LogP contribution in [0, 0.1) is 12.7 Å². The fourth-order valence-corrected chi connectivity index (χ4v) is 1.72. The first-order valence-corrected chi connectivity index (χ1v) is 5.99. The molecule has 0 spiro atoms. The van der Waals surface area contributed by atoms with Crippen LogP contribution in [0.15, 0.2) is 34.9 Å². The van der Waals surface area contributed by atoms with Gasteiger partial charge in [0.05, 0.1) is 9.50 Å². The highest BCUT2D eigenvalue weighted by atomic mass is 79.9. The van der Waals surface area contributed by atoms with E-state index in [1.54, 1.807) is 6.20 Å². The van der Waals surface area contributed by atoms with E-state index in [2.05, 4.69) is 20.9 Å². The fraction of sp³-hybridized carbons (Fsp3) is 0.0833. The van der Waals surface area contributed by atoms with Gasteiger partial charge in [-0.1, -0.05) is 11.6 Å². The van der Waals surface area contributed by atoms with E-state index < -0.39 is 5.82 Å². The molecule has 0 aliphatic carbocycles. The van der Waals surface area contributed by atoms with E-state index >= 15 is 0 Å². The first-order valence-electron chi connectivity index (χ1n) is 4.82. The van der Waals surface area contributed by atoms with Crippen LogP contribution in [0.4, 0.5) is 4.39 Å². The van der Waals surface area contributed by atoms with Gasteiger partial charge in [0.2, 0.25) is 5.88 Å². The molecule has 0 N–H and O–H groups in total. The van der Waals surface area contributed by atoms with Crippen LogP contribution in [0.5, 0.6) is 11.6 Å². The number of hydrogen-bond acceptors (Lipinski definition) is 2. The van der Waals surface area contributed by atoms with Gasteiger partial charge in [0.15, 0.2) is 0 Å². The summed E-state index contributed by atoms with van der Waals surface area (Å²) in [5.41, 5.74) is 1.00. The third-order valence-corrected chi connectivity index (χ3v) is 3.41. The first kappa shape index (κ1) is 12.3. The van der Waals surface area contributed by atoms with E-state index in [9.17, 15) is 4.39 Å². The van der Waals surface area contributed by atoms with E-state index in [1.807, 2.05) is 13.0 Å². The molecule has 0 bridgehead atoms. The lowest BCUT2D eigenvalue weighted by atomic mass is 10.3. The van der Waals surface area contributed by atoms with Crippen molar-refractivity contribution in [2.24, 2.45) is 0 Å². The molecular weight excluding hydrogens is 308 g/mol. The van der Waals surface area contributed by atoms with Crippen molar-refractivity contribution in [2.45, 2.75) is 6.92 Å². The summed E-state index contributed by atoms with van der Waals surface area (Å²) in [6.45, 7) is 1.93. The summed E-state index contributed by atoms with van der Waals surface area (Å²) >= 11 is 9.04.